The van der Waals surface area contributed by atoms with Gasteiger partial charge in [0.1, 0.15) is 5.82 Å². The normalized spacial score (nSPS) is 13.0. The van der Waals surface area contributed by atoms with Crippen molar-refractivity contribution in [3.8, 4) is 0 Å². The van der Waals surface area contributed by atoms with Crippen LogP contribution in [0.5, 0.6) is 0 Å². The summed E-state index contributed by atoms with van der Waals surface area (Å²) in [6, 6.07) is 13.7. The van der Waals surface area contributed by atoms with Crippen LogP contribution in [0.15, 0.2) is 53.0 Å². The third kappa shape index (κ3) is 5.99. The number of primary amides is 1. The van der Waals surface area contributed by atoms with Crippen LogP contribution in [-0.2, 0) is 4.79 Å². The van der Waals surface area contributed by atoms with E-state index in [0.717, 1.165) is 39.1 Å². The Hall–Kier alpha value is -2.52. The number of imidazole rings is 1. The summed E-state index contributed by atoms with van der Waals surface area (Å²) >= 11 is 5.13. The molecule has 1 aromatic heterocycles. The lowest BCUT2D eigenvalue weighted by Gasteiger charge is -2.21. The molecule has 9 heteroatoms. The quantitative estimate of drug-likeness (QED) is 0.363. The Balaban J connectivity index is 1.77. The molecule has 2 aromatic carbocycles. The predicted molar refractivity (Wildman–Crippen MR) is 124 cm³/mol. The van der Waals surface area contributed by atoms with Crippen LogP contribution in [0.1, 0.15) is 36.3 Å². The van der Waals surface area contributed by atoms with Gasteiger partial charge in [0, 0.05) is 4.47 Å². The molecule has 7 nitrogen and oxygen atoms in total. The standard InChI is InChI=1S/C21H24BrN5O2S/c1-30-10-9-17(20-25-15-7-2-3-8-16(15)26-20)24-19(28)12-18(27-21(23)29)13-5-4-6-14(22)11-13/h2-8,11,17-18H,9-10,12H2,1H3,(H,24,28)(H,25,26)(H3,23,27,29). The topological polar surface area (TPSA) is 113 Å². The third-order valence-corrected chi connectivity index (χ3v) is 5.78. The molecule has 0 saturated carbocycles. The average Bonchev–Trinajstić information content (AvgIpc) is 3.14. The van der Waals surface area contributed by atoms with Crippen LogP contribution in [0.2, 0.25) is 0 Å². The van der Waals surface area contributed by atoms with Crippen LogP contribution in [0.25, 0.3) is 11.0 Å². The molecule has 5 N–H and O–H groups in total. The Morgan fingerprint density at radius 3 is 2.67 bits per heavy atom. The average molecular weight is 490 g/mol. The van der Waals surface area contributed by atoms with Gasteiger partial charge in [0.2, 0.25) is 5.91 Å². The van der Waals surface area contributed by atoms with Crippen molar-refractivity contribution in [2.45, 2.75) is 24.9 Å². The summed E-state index contributed by atoms with van der Waals surface area (Å²) in [6.07, 6.45) is 2.82. The molecular formula is C21H24BrN5O2S. The fraction of sp³-hybridized carbons (Fsp3) is 0.286. The van der Waals surface area contributed by atoms with E-state index in [1.165, 1.54) is 0 Å². The molecular weight excluding hydrogens is 466 g/mol. The molecule has 0 spiro atoms. The molecule has 0 radical (unpaired) electrons. The van der Waals surface area contributed by atoms with E-state index < -0.39 is 12.1 Å². The first-order chi connectivity index (χ1) is 14.5. The lowest BCUT2D eigenvalue weighted by Crippen LogP contribution is -2.37. The van der Waals surface area contributed by atoms with Gasteiger partial charge in [-0.1, -0.05) is 40.2 Å². The van der Waals surface area contributed by atoms with Crippen molar-refractivity contribution < 1.29 is 9.59 Å². The molecule has 0 fully saturated rings. The summed E-state index contributed by atoms with van der Waals surface area (Å²) in [5, 5.41) is 5.73. The van der Waals surface area contributed by atoms with Gasteiger partial charge in [0.15, 0.2) is 0 Å². The van der Waals surface area contributed by atoms with Gasteiger partial charge >= 0.3 is 6.03 Å². The number of carbonyl (C=O) groups excluding carboxylic acids is 2. The van der Waals surface area contributed by atoms with Crippen molar-refractivity contribution in [1.82, 2.24) is 20.6 Å². The highest BCUT2D eigenvalue weighted by Gasteiger charge is 2.22. The maximum atomic E-state index is 12.9. The number of aromatic nitrogens is 2. The number of nitrogens with two attached hydrogens (primary N) is 1. The van der Waals surface area contributed by atoms with Crippen molar-refractivity contribution in [2.75, 3.05) is 12.0 Å². The molecule has 0 aliphatic rings. The van der Waals surface area contributed by atoms with E-state index in [2.05, 4.69) is 36.5 Å². The monoisotopic (exact) mass is 489 g/mol. The fourth-order valence-electron chi connectivity index (χ4n) is 3.24. The highest BCUT2D eigenvalue weighted by atomic mass is 79.9. The summed E-state index contributed by atoms with van der Waals surface area (Å²) in [4.78, 5) is 32.3. The number of aromatic amines is 1. The second-order valence-electron chi connectivity index (χ2n) is 6.86. The molecule has 0 bridgehead atoms. The van der Waals surface area contributed by atoms with E-state index in [9.17, 15) is 9.59 Å². The number of rotatable bonds is 9. The summed E-state index contributed by atoms with van der Waals surface area (Å²) in [6.45, 7) is 0. The Morgan fingerprint density at radius 2 is 1.97 bits per heavy atom. The number of urea groups is 1. The van der Waals surface area contributed by atoms with Crippen molar-refractivity contribution >= 4 is 50.7 Å². The predicted octanol–water partition coefficient (Wildman–Crippen LogP) is 4.04. The SMILES string of the molecule is CSCCC(NC(=O)CC(NC(N)=O)c1cccc(Br)c1)c1nc2ccccc2[nH]1. The van der Waals surface area contributed by atoms with Gasteiger partial charge < -0.3 is 21.4 Å². The fourth-order valence-corrected chi connectivity index (χ4v) is 4.12. The lowest BCUT2D eigenvalue weighted by molar-refractivity contribution is -0.122. The number of halogens is 1. The zero-order valence-corrected chi connectivity index (χ0v) is 18.9. The van der Waals surface area contributed by atoms with Crippen molar-refractivity contribution in [2.24, 2.45) is 5.73 Å². The van der Waals surface area contributed by atoms with Gasteiger partial charge in [-0.3, -0.25) is 4.79 Å². The van der Waals surface area contributed by atoms with Gasteiger partial charge in [-0.2, -0.15) is 11.8 Å². The maximum absolute atomic E-state index is 12.9. The van der Waals surface area contributed by atoms with Crippen LogP contribution >= 0.6 is 27.7 Å². The van der Waals surface area contributed by atoms with Crippen LogP contribution in [0, 0.1) is 0 Å². The minimum atomic E-state index is -0.677. The van der Waals surface area contributed by atoms with Crippen LogP contribution in [0.3, 0.4) is 0 Å². The molecule has 2 unspecified atom stereocenters. The molecule has 0 saturated heterocycles. The van der Waals surface area contributed by atoms with Crippen molar-refractivity contribution in [3.63, 3.8) is 0 Å². The number of H-pyrrole nitrogens is 1. The van der Waals surface area contributed by atoms with Crippen LogP contribution in [-0.4, -0.2) is 33.9 Å². The number of amides is 3. The molecule has 0 aliphatic heterocycles. The van der Waals surface area contributed by atoms with E-state index in [0.29, 0.717) is 0 Å². The Morgan fingerprint density at radius 1 is 1.17 bits per heavy atom. The lowest BCUT2D eigenvalue weighted by atomic mass is 10.0. The van der Waals surface area contributed by atoms with E-state index in [4.69, 9.17) is 5.73 Å². The summed E-state index contributed by atoms with van der Waals surface area (Å²) in [5.74, 6) is 1.40. The zero-order chi connectivity index (χ0) is 21.5. The van der Waals surface area contributed by atoms with Crippen LogP contribution in [0.4, 0.5) is 4.79 Å². The van der Waals surface area contributed by atoms with E-state index >= 15 is 0 Å². The first-order valence-corrected chi connectivity index (χ1v) is 11.7. The molecule has 3 rings (SSSR count). The molecule has 3 aromatic rings. The number of benzene rings is 2. The third-order valence-electron chi connectivity index (χ3n) is 4.64. The van der Waals surface area contributed by atoms with E-state index in [-0.39, 0.29) is 18.4 Å². The second-order valence-corrected chi connectivity index (χ2v) is 8.76. The van der Waals surface area contributed by atoms with Gasteiger partial charge in [-0.25, -0.2) is 9.78 Å². The number of thioether (sulfide) groups is 1. The molecule has 30 heavy (non-hydrogen) atoms. The molecule has 3 amide bonds. The first kappa shape index (κ1) is 22.2. The summed E-state index contributed by atoms with van der Waals surface area (Å²) in [7, 11) is 0. The van der Waals surface area contributed by atoms with Crippen molar-refractivity contribution in [1.29, 1.82) is 0 Å². The maximum Gasteiger partial charge on any atom is 0.312 e. The number of carbonyl (C=O) groups is 2. The number of hydrogen-bond acceptors (Lipinski definition) is 4. The number of para-hydroxylation sites is 2. The van der Waals surface area contributed by atoms with E-state index in [1.807, 2.05) is 54.8 Å². The summed E-state index contributed by atoms with van der Waals surface area (Å²) < 4.78 is 0.858. The molecule has 0 aliphatic carbocycles. The minimum Gasteiger partial charge on any atom is -0.352 e. The Bertz CT molecular complexity index is 992. The van der Waals surface area contributed by atoms with Gasteiger partial charge in [-0.05, 0) is 48.3 Å². The largest absolute Gasteiger partial charge is 0.352 e. The first-order valence-electron chi connectivity index (χ1n) is 9.50. The number of nitrogens with zero attached hydrogens (tertiary/aromatic N) is 1. The van der Waals surface area contributed by atoms with Gasteiger partial charge in [0.25, 0.3) is 0 Å². The molecule has 1 heterocycles. The Kier molecular flexibility index (Phi) is 7.75. The molecule has 2 atom stereocenters. The second kappa shape index (κ2) is 10.5. The zero-order valence-electron chi connectivity index (χ0n) is 16.5. The number of hydrogen-bond donors (Lipinski definition) is 4. The smallest absolute Gasteiger partial charge is 0.312 e. The van der Waals surface area contributed by atoms with Gasteiger partial charge in [0.05, 0.1) is 29.5 Å². The molecule has 158 valence electrons. The highest BCUT2D eigenvalue weighted by molar-refractivity contribution is 9.10. The highest BCUT2D eigenvalue weighted by Crippen LogP contribution is 2.23. The van der Waals surface area contributed by atoms with Gasteiger partial charge in [-0.15, -0.1) is 0 Å². The van der Waals surface area contributed by atoms with Crippen LogP contribution < -0.4 is 16.4 Å². The number of nitrogens with one attached hydrogen (secondary N) is 3. The Labute approximate surface area is 187 Å². The minimum absolute atomic E-state index is 0.0649. The van der Waals surface area contributed by atoms with Crippen molar-refractivity contribution in [3.05, 3.63) is 64.4 Å². The summed E-state index contributed by atoms with van der Waals surface area (Å²) in [5.41, 5.74) is 7.92. The number of fused-ring (bicyclic) bond motifs is 1. The van der Waals surface area contributed by atoms with E-state index in [1.54, 1.807) is 11.8 Å².